The number of rotatable bonds is 5. The highest BCUT2D eigenvalue weighted by atomic mass is 79.9. The van der Waals surface area contributed by atoms with E-state index in [4.69, 9.17) is 0 Å². The first-order valence-electron chi connectivity index (χ1n) is 4.99. The zero-order chi connectivity index (χ0) is 12.1. The summed E-state index contributed by atoms with van der Waals surface area (Å²) in [6, 6.07) is 4.46. The summed E-state index contributed by atoms with van der Waals surface area (Å²) in [4.78, 5) is 21.5. The molecule has 0 radical (unpaired) electrons. The number of carbonyl (C=O) groups is 1. The molecule has 1 rings (SSSR count). The van der Waals surface area contributed by atoms with E-state index in [-0.39, 0.29) is 11.5 Å². The molecule has 1 aromatic carbocycles. The van der Waals surface area contributed by atoms with E-state index < -0.39 is 4.92 Å². The summed E-state index contributed by atoms with van der Waals surface area (Å²) in [5, 5.41) is 10.5. The van der Waals surface area contributed by atoms with Crippen LogP contribution in [0.3, 0.4) is 0 Å². The summed E-state index contributed by atoms with van der Waals surface area (Å²) >= 11 is 3.24. The van der Waals surface area contributed by atoms with Gasteiger partial charge in [-0.2, -0.15) is 0 Å². The van der Waals surface area contributed by atoms with Crippen molar-refractivity contribution in [3.63, 3.8) is 0 Å². The minimum Gasteiger partial charge on any atom is -0.299 e. The molecule has 0 unspecified atom stereocenters. The second-order valence-corrected chi connectivity index (χ2v) is 4.35. The summed E-state index contributed by atoms with van der Waals surface area (Å²) in [5.41, 5.74) is 0.822. The van der Waals surface area contributed by atoms with Gasteiger partial charge in [0.25, 0.3) is 5.69 Å². The molecule has 0 saturated heterocycles. The van der Waals surface area contributed by atoms with Crippen molar-refractivity contribution in [2.45, 2.75) is 26.2 Å². The van der Waals surface area contributed by atoms with Crippen molar-refractivity contribution in [3.8, 4) is 0 Å². The van der Waals surface area contributed by atoms with Crippen LogP contribution in [0, 0.1) is 10.1 Å². The maximum Gasteiger partial charge on any atom is 0.270 e. The smallest absolute Gasteiger partial charge is 0.270 e. The van der Waals surface area contributed by atoms with Crippen LogP contribution in [0.2, 0.25) is 0 Å². The number of hydrogen-bond acceptors (Lipinski definition) is 3. The Hall–Kier alpha value is -1.23. The molecule has 0 atom stereocenters. The third kappa shape index (κ3) is 3.41. The van der Waals surface area contributed by atoms with E-state index in [1.54, 1.807) is 6.07 Å². The third-order valence-electron chi connectivity index (χ3n) is 2.16. The van der Waals surface area contributed by atoms with Gasteiger partial charge < -0.3 is 0 Å². The Labute approximate surface area is 102 Å². The maximum absolute atomic E-state index is 11.4. The fraction of sp³-hybridized carbons (Fsp3) is 0.364. The number of hydrogen-bond donors (Lipinski definition) is 0. The van der Waals surface area contributed by atoms with Crippen molar-refractivity contribution in [3.05, 3.63) is 38.3 Å². The number of nitro benzene ring substituents is 1. The highest BCUT2D eigenvalue weighted by Gasteiger charge is 2.11. The minimum atomic E-state index is -0.456. The zero-order valence-electron chi connectivity index (χ0n) is 8.90. The van der Waals surface area contributed by atoms with Crippen LogP contribution in [0.5, 0.6) is 0 Å². The Morgan fingerprint density at radius 1 is 1.50 bits per heavy atom. The maximum atomic E-state index is 11.4. The molecule has 0 heterocycles. The van der Waals surface area contributed by atoms with Crippen LogP contribution >= 0.6 is 15.9 Å². The Bertz CT molecular complexity index is 418. The van der Waals surface area contributed by atoms with Crippen molar-refractivity contribution >= 4 is 27.4 Å². The lowest BCUT2D eigenvalue weighted by atomic mass is 10.1. The van der Waals surface area contributed by atoms with Gasteiger partial charge in [-0.05, 0) is 12.0 Å². The SMILES string of the molecule is CCCC(=O)Cc1ccc([N+](=O)[O-])cc1Br. The number of nitro groups is 1. The number of carbonyl (C=O) groups excluding carboxylic acids is 1. The van der Waals surface area contributed by atoms with E-state index in [1.165, 1.54) is 12.1 Å². The second-order valence-electron chi connectivity index (χ2n) is 3.50. The number of non-ortho nitro benzene ring substituents is 1. The fourth-order valence-corrected chi connectivity index (χ4v) is 1.88. The van der Waals surface area contributed by atoms with Gasteiger partial charge in [-0.15, -0.1) is 0 Å². The first-order valence-corrected chi connectivity index (χ1v) is 5.78. The van der Waals surface area contributed by atoms with Gasteiger partial charge in [0, 0.05) is 29.4 Å². The molecule has 5 heteroatoms. The van der Waals surface area contributed by atoms with Crippen molar-refractivity contribution in [2.24, 2.45) is 0 Å². The molecule has 0 spiro atoms. The molecule has 1 aromatic rings. The molecule has 4 nitrogen and oxygen atoms in total. The van der Waals surface area contributed by atoms with Crippen molar-refractivity contribution in [1.82, 2.24) is 0 Å². The Morgan fingerprint density at radius 2 is 2.19 bits per heavy atom. The molecule has 0 bridgehead atoms. The van der Waals surface area contributed by atoms with Crippen LogP contribution in [0.15, 0.2) is 22.7 Å². The molecule has 0 aliphatic carbocycles. The van der Waals surface area contributed by atoms with Gasteiger partial charge in [0.05, 0.1) is 4.92 Å². The van der Waals surface area contributed by atoms with Crippen molar-refractivity contribution < 1.29 is 9.72 Å². The molecule has 0 fully saturated rings. The van der Waals surface area contributed by atoms with Gasteiger partial charge in [-0.1, -0.05) is 28.9 Å². The van der Waals surface area contributed by atoms with Crippen molar-refractivity contribution in [2.75, 3.05) is 0 Å². The Kier molecular flexibility index (Phi) is 4.61. The predicted molar refractivity (Wildman–Crippen MR) is 64.4 cm³/mol. The molecule has 0 aromatic heterocycles. The van der Waals surface area contributed by atoms with E-state index >= 15 is 0 Å². The lowest BCUT2D eigenvalue weighted by molar-refractivity contribution is -0.384. The van der Waals surface area contributed by atoms with Crippen LogP contribution in [0.1, 0.15) is 25.3 Å². The average Bonchev–Trinajstić information content (AvgIpc) is 2.21. The molecular formula is C11H12BrNO3. The Balaban J connectivity index is 2.83. The Morgan fingerprint density at radius 3 is 2.69 bits per heavy atom. The second kappa shape index (κ2) is 5.75. The molecule has 0 saturated carbocycles. The van der Waals surface area contributed by atoms with E-state index in [0.29, 0.717) is 17.3 Å². The standard InChI is InChI=1S/C11H12BrNO3/c1-2-3-10(14)6-8-4-5-9(13(15)16)7-11(8)12/h4-5,7H,2-3,6H2,1H3. The zero-order valence-corrected chi connectivity index (χ0v) is 10.5. The third-order valence-corrected chi connectivity index (χ3v) is 2.90. The molecule has 86 valence electrons. The molecule has 0 aliphatic rings. The van der Waals surface area contributed by atoms with E-state index in [0.717, 1.165) is 12.0 Å². The number of benzene rings is 1. The van der Waals surface area contributed by atoms with E-state index in [9.17, 15) is 14.9 Å². The minimum absolute atomic E-state index is 0.0264. The van der Waals surface area contributed by atoms with Crippen LogP contribution in [0.4, 0.5) is 5.69 Å². The van der Waals surface area contributed by atoms with Gasteiger partial charge in [0.15, 0.2) is 0 Å². The summed E-state index contributed by atoms with van der Waals surface area (Å²) in [6.45, 7) is 1.95. The highest BCUT2D eigenvalue weighted by molar-refractivity contribution is 9.10. The number of halogens is 1. The summed E-state index contributed by atoms with van der Waals surface area (Å²) < 4.78 is 0.617. The highest BCUT2D eigenvalue weighted by Crippen LogP contribution is 2.23. The quantitative estimate of drug-likeness (QED) is 0.616. The van der Waals surface area contributed by atoms with Crippen LogP contribution in [-0.2, 0) is 11.2 Å². The van der Waals surface area contributed by atoms with E-state index in [1.807, 2.05) is 6.92 Å². The lowest BCUT2D eigenvalue weighted by Crippen LogP contribution is -2.02. The van der Waals surface area contributed by atoms with Gasteiger partial charge in [-0.3, -0.25) is 14.9 Å². The largest absolute Gasteiger partial charge is 0.299 e. The molecular weight excluding hydrogens is 274 g/mol. The summed E-state index contributed by atoms with van der Waals surface area (Å²) in [5.74, 6) is 0.150. The predicted octanol–water partition coefficient (Wildman–Crippen LogP) is 3.27. The molecule has 0 aliphatic heterocycles. The van der Waals surface area contributed by atoms with Gasteiger partial charge >= 0.3 is 0 Å². The lowest BCUT2D eigenvalue weighted by Gasteiger charge is -2.03. The number of Topliss-reactive ketones (excluding diaryl/α,β-unsaturated/α-hetero) is 1. The first-order chi connectivity index (χ1) is 7.54. The molecule has 16 heavy (non-hydrogen) atoms. The van der Waals surface area contributed by atoms with Gasteiger partial charge in [0.1, 0.15) is 5.78 Å². The molecule has 0 amide bonds. The molecule has 0 N–H and O–H groups in total. The fourth-order valence-electron chi connectivity index (χ4n) is 1.37. The van der Waals surface area contributed by atoms with E-state index in [2.05, 4.69) is 15.9 Å². The summed E-state index contributed by atoms with van der Waals surface area (Å²) in [7, 11) is 0. The monoisotopic (exact) mass is 285 g/mol. The first kappa shape index (κ1) is 12.8. The van der Waals surface area contributed by atoms with Crippen LogP contribution in [0.25, 0.3) is 0 Å². The van der Waals surface area contributed by atoms with Crippen molar-refractivity contribution in [1.29, 1.82) is 0 Å². The topological polar surface area (TPSA) is 60.2 Å². The normalized spacial score (nSPS) is 10.1. The van der Waals surface area contributed by atoms with Gasteiger partial charge in [-0.25, -0.2) is 0 Å². The van der Waals surface area contributed by atoms with Gasteiger partial charge in [0.2, 0.25) is 0 Å². The number of ketones is 1. The number of nitrogens with zero attached hydrogens (tertiary/aromatic N) is 1. The average molecular weight is 286 g/mol. The van der Waals surface area contributed by atoms with Crippen LogP contribution < -0.4 is 0 Å². The van der Waals surface area contributed by atoms with Crippen LogP contribution in [-0.4, -0.2) is 10.7 Å². The summed E-state index contributed by atoms with van der Waals surface area (Å²) in [6.07, 6.45) is 1.69.